The SMILES string of the molecule is COCCNC(=O)C(=O)NN=Cc1cc(C)n(-c2c(C)cccc2C)c1C. The number of nitrogens with one attached hydrogen (secondary N) is 2. The third-order valence-electron chi connectivity index (χ3n) is 4.30. The quantitative estimate of drug-likeness (QED) is 0.353. The minimum absolute atomic E-state index is 0.267. The van der Waals surface area contributed by atoms with Crippen LogP contribution in [0.25, 0.3) is 5.69 Å². The summed E-state index contributed by atoms with van der Waals surface area (Å²) >= 11 is 0. The van der Waals surface area contributed by atoms with Crippen LogP contribution in [-0.2, 0) is 14.3 Å². The second-order valence-corrected chi connectivity index (χ2v) is 6.35. The number of carbonyl (C=O) groups is 2. The highest BCUT2D eigenvalue weighted by atomic mass is 16.5. The fourth-order valence-corrected chi connectivity index (χ4v) is 2.98. The molecule has 0 radical (unpaired) electrons. The van der Waals surface area contributed by atoms with Gasteiger partial charge in [-0.05, 0) is 44.9 Å². The smallest absolute Gasteiger partial charge is 0.329 e. The molecule has 0 aliphatic rings. The molecule has 27 heavy (non-hydrogen) atoms. The van der Waals surface area contributed by atoms with Crippen LogP contribution < -0.4 is 10.7 Å². The Morgan fingerprint density at radius 2 is 1.81 bits per heavy atom. The number of hydrazone groups is 1. The third-order valence-corrected chi connectivity index (χ3v) is 4.30. The van der Waals surface area contributed by atoms with Crippen molar-refractivity contribution in [2.45, 2.75) is 27.7 Å². The first-order valence-corrected chi connectivity index (χ1v) is 8.72. The van der Waals surface area contributed by atoms with E-state index in [1.165, 1.54) is 18.2 Å². The number of amides is 2. The zero-order valence-corrected chi connectivity index (χ0v) is 16.4. The lowest BCUT2D eigenvalue weighted by Crippen LogP contribution is -2.39. The van der Waals surface area contributed by atoms with E-state index < -0.39 is 11.8 Å². The summed E-state index contributed by atoms with van der Waals surface area (Å²) in [6.45, 7) is 8.79. The van der Waals surface area contributed by atoms with Crippen molar-refractivity contribution in [2.75, 3.05) is 20.3 Å². The molecule has 0 atom stereocenters. The van der Waals surface area contributed by atoms with Crippen LogP contribution in [0.5, 0.6) is 0 Å². The maximum atomic E-state index is 11.7. The number of ether oxygens (including phenoxy) is 1. The topological polar surface area (TPSA) is 84.7 Å². The largest absolute Gasteiger partial charge is 0.383 e. The van der Waals surface area contributed by atoms with Crippen LogP contribution in [0.15, 0.2) is 29.4 Å². The molecule has 0 spiro atoms. The molecule has 0 saturated carbocycles. The summed E-state index contributed by atoms with van der Waals surface area (Å²) in [6, 6.07) is 8.20. The second kappa shape index (κ2) is 9.14. The van der Waals surface area contributed by atoms with Crippen LogP contribution in [0.4, 0.5) is 0 Å². The molecule has 7 nitrogen and oxygen atoms in total. The lowest BCUT2D eigenvalue weighted by molar-refractivity contribution is -0.139. The number of rotatable bonds is 6. The van der Waals surface area contributed by atoms with E-state index in [0.29, 0.717) is 6.61 Å². The lowest BCUT2D eigenvalue weighted by atomic mass is 10.1. The first-order valence-electron chi connectivity index (χ1n) is 8.72. The number of methoxy groups -OCH3 is 1. The van der Waals surface area contributed by atoms with Crippen molar-refractivity contribution in [3.63, 3.8) is 0 Å². The molecule has 0 aliphatic carbocycles. The van der Waals surface area contributed by atoms with Gasteiger partial charge in [-0.3, -0.25) is 9.59 Å². The Balaban J connectivity index is 2.14. The second-order valence-electron chi connectivity index (χ2n) is 6.35. The van der Waals surface area contributed by atoms with Gasteiger partial charge < -0.3 is 14.6 Å². The van der Waals surface area contributed by atoms with Gasteiger partial charge in [-0.1, -0.05) is 18.2 Å². The zero-order valence-electron chi connectivity index (χ0n) is 16.4. The van der Waals surface area contributed by atoms with Crippen LogP contribution >= 0.6 is 0 Å². The molecule has 1 aromatic heterocycles. The van der Waals surface area contributed by atoms with Crippen molar-refractivity contribution >= 4 is 18.0 Å². The van der Waals surface area contributed by atoms with Crippen LogP contribution in [0, 0.1) is 27.7 Å². The Kier molecular flexibility index (Phi) is 6.90. The van der Waals surface area contributed by atoms with Crippen LogP contribution in [-0.4, -0.2) is 42.9 Å². The Labute approximate surface area is 159 Å². The lowest BCUT2D eigenvalue weighted by Gasteiger charge is -2.15. The maximum Gasteiger partial charge on any atom is 0.329 e. The molecule has 2 aromatic rings. The van der Waals surface area contributed by atoms with E-state index in [1.807, 2.05) is 26.0 Å². The zero-order chi connectivity index (χ0) is 20.0. The molecule has 2 N–H and O–H groups in total. The van der Waals surface area contributed by atoms with Crippen molar-refractivity contribution in [3.8, 4) is 5.69 Å². The van der Waals surface area contributed by atoms with E-state index in [0.717, 1.165) is 22.6 Å². The number of benzene rings is 1. The molecule has 2 rings (SSSR count). The summed E-state index contributed by atoms with van der Waals surface area (Å²) in [7, 11) is 1.52. The van der Waals surface area contributed by atoms with Gasteiger partial charge in [0.25, 0.3) is 0 Å². The predicted molar refractivity (Wildman–Crippen MR) is 105 cm³/mol. The summed E-state index contributed by atoms with van der Waals surface area (Å²) in [4.78, 5) is 23.3. The number of para-hydroxylation sites is 1. The van der Waals surface area contributed by atoms with Crippen molar-refractivity contribution in [1.29, 1.82) is 0 Å². The number of nitrogens with zero attached hydrogens (tertiary/aromatic N) is 2. The van der Waals surface area contributed by atoms with Crippen LogP contribution in [0.2, 0.25) is 0 Å². The fourth-order valence-electron chi connectivity index (χ4n) is 2.98. The molecule has 1 aromatic carbocycles. The Morgan fingerprint density at radius 1 is 1.15 bits per heavy atom. The monoisotopic (exact) mass is 370 g/mol. The number of hydrogen-bond acceptors (Lipinski definition) is 4. The van der Waals surface area contributed by atoms with E-state index in [4.69, 9.17) is 4.74 Å². The third kappa shape index (κ3) is 4.83. The molecule has 0 saturated heterocycles. The van der Waals surface area contributed by atoms with E-state index in [9.17, 15) is 9.59 Å². The number of carbonyl (C=O) groups excluding carboxylic acids is 2. The summed E-state index contributed by atoms with van der Waals surface area (Å²) in [5.41, 5.74) is 8.70. The average Bonchev–Trinajstić information content (AvgIpc) is 2.89. The van der Waals surface area contributed by atoms with Crippen molar-refractivity contribution < 1.29 is 14.3 Å². The highest BCUT2D eigenvalue weighted by Crippen LogP contribution is 2.25. The minimum atomic E-state index is -0.814. The molecule has 0 aliphatic heterocycles. The first-order chi connectivity index (χ1) is 12.9. The van der Waals surface area contributed by atoms with Crippen LogP contribution in [0.1, 0.15) is 28.1 Å². The average molecular weight is 370 g/mol. The molecule has 7 heteroatoms. The summed E-state index contributed by atoms with van der Waals surface area (Å²) < 4.78 is 6.98. The first kappa shape index (κ1) is 20.4. The number of aromatic nitrogens is 1. The molecule has 0 bridgehead atoms. The van der Waals surface area contributed by atoms with E-state index in [-0.39, 0.29) is 6.54 Å². The van der Waals surface area contributed by atoms with Gasteiger partial charge in [0, 0.05) is 30.6 Å². The molecule has 1 heterocycles. The van der Waals surface area contributed by atoms with Gasteiger partial charge in [0.15, 0.2) is 0 Å². The Hall–Kier alpha value is -2.93. The normalized spacial score (nSPS) is 11.0. The van der Waals surface area contributed by atoms with Gasteiger partial charge in [-0.2, -0.15) is 5.10 Å². The number of hydrogen-bond donors (Lipinski definition) is 2. The van der Waals surface area contributed by atoms with Gasteiger partial charge >= 0.3 is 11.8 Å². The van der Waals surface area contributed by atoms with E-state index in [2.05, 4.69) is 46.4 Å². The molecule has 0 fully saturated rings. The Morgan fingerprint density at radius 3 is 2.44 bits per heavy atom. The Bertz CT molecular complexity index is 848. The van der Waals surface area contributed by atoms with E-state index >= 15 is 0 Å². The molecule has 0 unspecified atom stereocenters. The van der Waals surface area contributed by atoms with Gasteiger partial charge in [0.2, 0.25) is 0 Å². The molecular weight excluding hydrogens is 344 g/mol. The summed E-state index contributed by atoms with van der Waals surface area (Å²) in [5, 5.41) is 6.35. The van der Waals surface area contributed by atoms with Crippen molar-refractivity contribution in [2.24, 2.45) is 5.10 Å². The summed E-state index contributed by atoms with van der Waals surface area (Å²) in [6.07, 6.45) is 1.55. The summed E-state index contributed by atoms with van der Waals surface area (Å²) in [5.74, 6) is -1.56. The minimum Gasteiger partial charge on any atom is -0.383 e. The van der Waals surface area contributed by atoms with Crippen molar-refractivity contribution in [1.82, 2.24) is 15.3 Å². The van der Waals surface area contributed by atoms with Gasteiger partial charge in [0.1, 0.15) is 0 Å². The van der Waals surface area contributed by atoms with Crippen molar-refractivity contribution in [3.05, 3.63) is 52.3 Å². The molecule has 144 valence electrons. The highest BCUT2D eigenvalue weighted by molar-refractivity contribution is 6.35. The van der Waals surface area contributed by atoms with Crippen LogP contribution in [0.3, 0.4) is 0 Å². The molecular formula is C20H26N4O3. The van der Waals surface area contributed by atoms with Gasteiger partial charge in [0.05, 0.1) is 18.5 Å². The standard InChI is InChI=1S/C20H26N4O3/c1-13-7-6-8-14(2)18(13)24-15(3)11-17(16(24)4)12-22-23-20(26)19(25)21-9-10-27-5/h6-8,11-12H,9-10H2,1-5H3,(H,21,25)(H,23,26). The fraction of sp³-hybridized carbons (Fsp3) is 0.350. The number of aryl methyl sites for hydroxylation is 3. The highest BCUT2D eigenvalue weighted by Gasteiger charge is 2.14. The van der Waals surface area contributed by atoms with E-state index in [1.54, 1.807) is 6.21 Å². The molecule has 2 amide bonds. The predicted octanol–water partition coefficient (Wildman–Crippen LogP) is 1.92. The van der Waals surface area contributed by atoms with Gasteiger partial charge in [-0.25, -0.2) is 5.43 Å². The maximum absolute atomic E-state index is 11.7. The van der Waals surface area contributed by atoms with Gasteiger partial charge in [-0.15, -0.1) is 0 Å².